The second-order valence-corrected chi connectivity index (χ2v) is 3.99. The van der Waals surface area contributed by atoms with E-state index in [2.05, 4.69) is 15.5 Å². The quantitative estimate of drug-likeness (QED) is 0.869. The number of nitrogens with one attached hydrogen (secondary N) is 1. The molecule has 1 aromatic heterocycles. The Bertz CT molecular complexity index is 413. The van der Waals surface area contributed by atoms with Gasteiger partial charge in [-0.1, -0.05) is 23.5 Å². The Labute approximate surface area is 91.0 Å². The van der Waals surface area contributed by atoms with E-state index in [1.807, 2.05) is 6.92 Å². The zero-order valence-corrected chi connectivity index (χ0v) is 8.96. The first-order valence-corrected chi connectivity index (χ1v) is 5.42. The molecule has 5 heteroatoms. The maximum atomic E-state index is 12.7. The van der Waals surface area contributed by atoms with Gasteiger partial charge in [0, 0.05) is 0 Å². The lowest BCUT2D eigenvalue weighted by Crippen LogP contribution is -2.06. The van der Waals surface area contributed by atoms with Crippen LogP contribution in [0.25, 0.3) is 0 Å². The number of rotatable bonds is 3. The molecule has 78 valence electrons. The summed E-state index contributed by atoms with van der Waals surface area (Å²) in [5.41, 5.74) is 2.69. The van der Waals surface area contributed by atoms with Crippen molar-refractivity contribution in [2.75, 3.05) is 5.32 Å². The Morgan fingerprint density at radius 3 is 2.67 bits per heavy atom. The number of hydrogen-bond acceptors (Lipinski definition) is 4. The summed E-state index contributed by atoms with van der Waals surface area (Å²) < 4.78 is 12.7. The first-order chi connectivity index (χ1) is 7.25. The Balaban J connectivity index is 2.08. The molecule has 1 N–H and O–H groups in total. The van der Waals surface area contributed by atoms with Gasteiger partial charge in [-0.15, -0.1) is 10.2 Å². The lowest BCUT2D eigenvalue weighted by molar-refractivity contribution is 0.626. The molecule has 0 aliphatic rings. The molecule has 0 saturated carbocycles. The fraction of sp³-hybridized carbons (Fsp3) is 0.200. The molecule has 1 atom stereocenters. The minimum Gasteiger partial charge on any atom is -0.354 e. The molecule has 2 aromatic rings. The molecule has 0 fully saturated rings. The lowest BCUT2D eigenvalue weighted by Gasteiger charge is -2.12. The summed E-state index contributed by atoms with van der Waals surface area (Å²) in [5, 5.41) is 11.6. The number of aromatic nitrogens is 2. The highest BCUT2D eigenvalue weighted by atomic mass is 32.1. The molecule has 0 saturated heterocycles. The van der Waals surface area contributed by atoms with E-state index in [0.717, 1.165) is 10.7 Å². The number of hydrogen-bond donors (Lipinski definition) is 1. The summed E-state index contributed by atoms with van der Waals surface area (Å²) in [6, 6.07) is 6.52. The van der Waals surface area contributed by atoms with Gasteiger partial charge in [0.15, 0.2) is 0 Å². The average molecular weight is 223 g/mol. The lowest BCUT2D eigenvalue weighted by atomic mass is 10.1. The van der Waals surface area contributed by atoms with Crippen LogP contribution in [0.15, 0.2) is 29.8 Å². The van der Waals surface area contributed by atoms with E-state index in [-0.39, 0.29) is 11.9 Å². The maximum absolute atomic E-state index is 12.7. The summed E-state index contributed by atoms with van der Waals surface area (Å²) in [6.45, 7) is 1.99. The summed E-state index contributed by atoms with van der Waals surface area (Å²) in [5.74, 6) is -0.220. The SMILES string of the molecule is CC(Nc1nncs1)c1ccc(F)cc1. The van der Waals surface area contributed by atoms with E-state index in [9.17, 15) is 4.39 Å². The van der Waals surface area contributed by atoms with Crippen LogP contribution in [0.2, 0.25) is 0 Å². The van der Waals surface area contributed by atoms with Crippen molar-refractivity contribution in [3.8, 4) is 0 Å². The van der Waals surface area contributed by atoms with Gasteiger partial charge >= 0.3 is 0 Å². The van der Waals surface area contributed by atoms with Gasteiger partial charge < -0.3 is 5.32 Å². The fourth-order valence-electron chi connectivity index (χ4n) is 1.26. The molecule has 0 bridgehead atoms. The first-order valence-electron chi connectivity index (χ1n) is 4.54. The smallest absolute Gasteiger partial charge is 0.205 e. The number of anilines is 1. The summed E-state index contributed by atoms with van der Waals surface area (Å²) >= 11 is 1.44. The van der Waals surface area contributed by atoms with Crippen LogP contribution >= 0.6 is 11.3 Å². The largest absolute Gasteiger partial charge is 0.354 e. The molecule has 1 unspecified atom stereocenters. The minimum absolute atomic E-state index is 0.0959. The van der Waals surface area contributed by atoms with Gasteiger partial charge in [-0.25, -0.2) is 4.39 Å². The van der Waals surface area contributed by atoms with Crippen LogP contribution in [-0.4, -0.2) is 10.2 Å². The highest BCUT2D eigenvalue weighted by molar-refractivity contribution is 7.13. The summed E-state index contributed by atoms with van der Waals surface area (Å²) in [6.07, 6.45) is 0. The first kappa shape index (κ1) is 10.0. The molecule has 0 aliphatic carbocycles. The van der Waals surface area contributed by atoms with Crippen molar-refractivity contribution in [1.82, 2.24) is 10.2 Å². The van der Waals surface area contributed by atoms with Crippen molar-refractivity contribution >= 4 is 16.5 Å². The van der Waals surface area contributed by atoms with Gasteiger partial charge in [0.25, 0.3) is 0 Å². The van der Waals surface area contributed by atoms with Crippen LogP contribution in [0.5, 0.6) is 0 Å². The third kappa shape index (κ3) is 2.50. The molecule has 15 heavy (non-hydrogen) atoms. The molecule has 2 rings (SSSR count). The number of halogens is 1. The molecule has 0 amide bonds. The molecule has 1 heterocycles. The van der Waals surface area contributed by atoms with E-state index in [4.69, 9.17) is 0 Å². The minimum atomic E-state index is -0.220. The maximum Gasteiger partial charge on any atom is 0.205 e. The van der Waals surface area contributed by atoms with Crippen LogP contribution in [0, 0.1) is 5.82 Å². The third-order valence-corrected chi connectivity index (χ3v) is 2.69. The van der Waals surface area contributed by atoms with Gasteiger partial charge in [0.2, 0.25) is 5.13 Å². The second kappa shape index (κ2) is 4.35. The van der Waals surface area contributed by atoms with E-state index >= 15 is 0 Å². The van der Waals surface area contributed by atoms with Crippen molar-refractivity contribution in [2.24, 2.45) is 0 Å². The Hall–Kier alpha value is -1.49. The topological polar surface area (TPSA) is 37.8 Å². The Kier molecular flexibility index (Phi) is 2.91. The molecule has 1 aromatic carbocycles. The van der Waals surface area contributed by atoms with Gasteiger partial charge in [0.05, 0.1) is 6.04 Å². The third-order valence-electron chi connectivity index (χ3n) is 2.07. The fourth-order valence-corrected chi connectivity index (χ4v) is 1.79. The normalized spacial score (nSPS) is 12.4. The monoisotopic (exact) mass is 223 g/mol. The molecule has 0 radical (unpaired) electrons. The highest BCUT2D eigenvalue weighted by Crippen LogP contribution is 2.19. The molecular formula is C10H10FN3S. The number of benzene rings is 1. The van der Waals surface area contributed by atoms with Crippen molar-refractivity contribution in [3.05, 3.63) is 41.2 Å². The second-order valence-electron chi connectivity index (χ2n) is 3.16. The Morgan fingerprint density at radius 1 is 1.33 bits per heavy atom. The molecule has 3 nitrogen and oxygen atoms in total. The predicted octanol–water partition coefficient (Wildman–Crippen LogP) is 2.85. The van der Waals surface area contributed by atoms with Crippen molar-refractivity contribution < 1.29 is 4.39 Å². The standard InChI is InChI=1S/C10H10FN3S/c1-7(13-10-14-12-6-15-10)8-2-4-9(11)5-3-8/h2-7H,1H3,(H,13,14). The zero-order valence-electron chi connectivity index (χ0n) is 8.14. The molecule has 0 aliphatic heterocycles. The average Bonchev–Trinajstić information content (AvgIpc) is 2.71. The summed E-state index contributed by atoms with van der Waals surface area (Å²) in [4.78, 5) is 0. The molecule has 0 spiro atoms. The van der Waals surface area contributed by atoms with Crippen molar-refractivity contribution in [3.63, 3.8) is 0 Å². The van der Waals surface area contributed by atoms with Crippen LogP contribution in [0.1, 0.15) is 18.5 Å². The molecular weight excluding hydrogens is 213 g/mol. The van der Waals surface area contributed by atoms with Gasteiger partial charge in [-0.3, -0.25) is 0 Å². The summed E-state index contributed by atoms with van der Waals surface area (Å²) in [7, 11) is 0. The van der Waals surface area contributed by atoms with Crippen molar-refractivity contribution in [1.29, 1.82) is 0 Å². The Morgan fingerprint density at radius 2 is 2.07 bits per heavy atom. The van der Waals surface area contributed by atoms with E-state index in [1.54, 1.807) is 17.6 Å². The van der Waals surface area contributed by atoms with Crippen LogP contribution in [-0.2, 0) is 0 Å². The van der Waals surface area contributed by atoms with Gasteiger partial charge in [-0.2, -0.15) is 0 Å². The van der Waals surface area contributed by atoms with Gasteiger partial charge in [0.1, 0.15) is 11.3 Å². The highest BCUT2D eigenvalue weighted by Gasteiger charge is 2.06. The van der Waals surface area contributed by atoms with E-state index in [1.165, 1.54) is 23.5 Å². The van der Waals surface area contributed by atoms with E-state index in [0.29, 0.717) is 0 Å². The number of nitrogens with zero attached hydrogens (tertiary/aromatic N) is 2. The van der Waals surface area contributed by atoms with Crippen LogP contribution in [0.4, 0.5) is 9.52 Å². The van der Waals surface area contributed by atoms with Gasteiger partial charge in [-0.05, 0) is 24.6 Å². The van der Waals surface area contributed by atoms with Crippen LogP contribution < -0.4 is 5.32 Å². The van der Waals surface area contributed by atoms with Crippen LogP contribution in [0.3, 0.4) is 0 Å². The predicted molar refractivity (Wildman–Crippen MR) is 58.3 cm³/mol. The van der Waals surface area contributed by atoms with E-state index < -0.39 is 0 Å². The van der Waals surface area contributed by atoms with Crippen molar-refractivity contribution in [2.45, 2.75) is 13.0 Å². The zero-order chi connectivity index (χ0) is 10.7.